The lowest BCUT2D eigenvalue weighted by molar-refractivity contribution is -0.141. The average Bonchev–Trinajstić information content (AvgIpc) is 3.31. The molecule has 2 fully saturated rings. The molecule has 2 aliphatic carbocycles. The Bertz CT molecular complexity index is 1050. The van der Waals surface area contributed by atoms with E-state index < -0.39 is 23.5 Å². The first-order valence-corrected chi connectivity index (χ1v) is 11.2. The monoisotopic (exact) mass is 450 g/mol. The number of aliphatic carboxylic acids is 1. The van der Waals surface area contributed by atoms with E-state index in [9.17, 15) is 14.4 Å². The Morgan fingerprint density at radius 1 is 1.03 bits per heavy atom. The summed E-state index contributed by atoms with van der Waals surface area (Å²) in [6.45, 7) is 0.555. The predicted molar refractivity (Wildman–Crippen MR) is 119 cm³/mol. The van der Waals surface area contributed by atoms with Gasteiger partial charge in [0.2, 0.25) is 5.91 Å². The summed E-state index contributed by atoms with van der Waals surface area (Å²) in [5.41, 5.74) is 3.59. The molecule has 5 rings (SSSR count). The molecule has 2 amide bonds. The lowest BCUT2D eigenvalue weighted by Crippen LogP contribution is -2.50. The third-order valence-corrected chi connectivity index (χ3v) is 6.79. The molecule has 2 aromatic rings. The summed E-state index contributed by atoms with van der Waals surface area (Å²) in [7, 11) is 0. The molecule has 0 radical (unpaired) electrons. The normalized spacial score (nSPS) is 22.2. The van der Waals surface area contributed by atoms with Crippen LogP contribution in [0.15, 0.2) is 48.5 Å². The van der Waals surface area contributed by atoms with Crippen molar-refractivity contribution in [2.24, 2.45) is 5.92 Å². The minimum absolute atomic E-state index is 0.0474. The highest BCUT2D eigenvalue weighted by molar-refractivity contribution is 5.92. The number of amides is 2. The predicted octanol–water partition coefficient (Wildman–Crippen LogP) is 2.66. The van der Waals surface area contributed by atoms with E-state index in [1.165, 1.54) is 0 Å². The van der Waals surface area contributed by atoms with Crippen LogP contribution in [0.25, 0.3) is 11.1 Å². The number of rotatable bonds is 7. The van der Waals surface area contributed by atoms with Gasteiger partial charge >= 0.3 is 12.1 Å². The van der Waals surface area contributed by atoms with Crippen LogP contribution in [-0.2, 0) is 19.1 Å². The zero-order valence-electron chi connectivity index (χ0n) is 18.1. The highest BCUT2D eigenvalue weighted by atomic mass is 16.5. The largest absolute Gasteiger partial charge is 0.481 e. The topological polar surface area (TPSA) is 114 Å². The van der Waals surface area contributed by atoms with Gasteiger partial charge < -0.3 is 25.2 Å². The van der Waals surface area contributed by atoms with Gasteiger partial charge in [-0.3, -0.25) is 9.59 Å². The van der Waals surface area contributed by atoms with Crippen LogP contribution in [0, 0.1) is 5.92 Å². The molecule has 0 unspecified atom stereocenters. The second kappa shape index (κ2) is 8.51. The van der Waals surface area contributed by atoms with Crippen LogP contribution in [0.4, 0.5) is 4.79 Å². The summed E-state index contributed by atoms with van der Waals surface area (Å²) >= 11 is 0. The molecule has 1 heterocycles. The van der Waals surface area contributed by atoms with Gasteiger partial charge in [-0.2, -0.15) is 0 Å². The van der Waals surface area contributed by atoms with E-state index in [0.717, 1.165) is 22.3 Å². The third kappa shape index (κ3) is 4.18. The van der Waals surface area contributed by atoms with Gasteiger partial charge in [-0.05, 0) is 41.5 Å². The van der Waals surface area contributed by atoms with Crippen molar-refractivity contribution in [3.05, 3.63) is 59.7 Å². The fourth-order valence-electron chi connectivity index (χ4n) is 4.76. The van der Waals surface area contributed by atoms with E-state index in [2.05, 4.69) is 34.9 Å². The summed E-state index contributed by atoms with van der Waals surface area (Å²) < 4.78 is 11.0. The van der Waals surface area contributed by atoms with Crippen molar-refractivity contribution in [1.82, 2.24) is 10.6 Å². The molecule has 0 spiro atoms. The van der Waals surface area contributed by atoms with Gasteiger partial charge in [0.15, 0.2) is 0 Å². The number of carbonyl (C=O) groups is 3. The molecule has 33 heavy (non-hydrogen) atoms. The summed E-state index contributed by atoms with van der Waals surface area (Å²) in [5.74, 6) is -1.77. The molecule has 1 saturated heterocycles. The number of carboxylic acids is 1. The van der Waals surface area contributed by atoms with Crippen molar-refractivity contribution in [3.8, 4) is 11.1 Å². The van der Waals surface area contributed by atoms with Gasteiger partial charge in [-0.25, -0.2) is 4.79 Å². The van der Waals surface area contributed by atoms with Crippen molar-refractivity contribution in [2.75, 3.05) is 19.8 Å². The van der Waals surface area contributed by atoms with Crippen LogP contribution in [0.3, 0.4) is 0 Å². The summed E-state index contributed by atoms with van der Waals surface area (Å²) in [5, 5.41) is 14.6. The van der Waals surface area contributed by atoms with Gasteiger partial charge in [0, 0.05) is 12.5 Å². The number of carboxylic acid groups (broad SMARTS) is 1. The Morgan fingerprint density at radius 2 is 1.67 bits per heavy atom. The quantitative estimate of drug-likeness (QED) is 0.598. The fraction of sp³-hybridized carbons (Fsp3) is 0.400. The van der Waals surface area contributed by atoms with Crippen LogP contribution < -0.4 is 10.6 Å². The number of hydrogen-bond acceptors (Lipinski definition) is 5. The Labute approximate surface area is 191 Å². The maximum absolute atomic E-state index is 12.7. The van der Waals surface area contributed by atoms with Crippen LogP contribution in [0.1, 0.15) is 36.3 Å². The minimum atomic E-state index is -0.965. The van der Waals surface area contributed by atoms with Gasteiger partial charge in [0.05, 0.1) is 18.6 Å². The second-order valence-electron chi connectivity index (χ2n) is 8.97. The smallest absolute Gasteiger partial charge is 0.408 e. The van der Waals surface area contributed by atoms with Crippen molar-refractivity contribution >= 4 is 18.0 Å². The first-order chi connectivity index (χ1) is 16.0. The average molecular weight is 450 g/mol. The molecule has 172 valence electrons. The Balaban J connectivity index is 1.15. The highest BCUT2D eigenvalue weighted by Crippen LogP contribution is 2.44. The Morgan fingerprint density at radius 3 is 2.24 bits per heavy atom. The number of carbonyl (C=O) groups excluding carboxylic acids is 2. The van der Waals surface area contributed by atoms with Gasteiger partial charge in [-0.15, -0.1) is 0 Å². The van der Waals surface area contributed by atoms with E-state index in [1.54, 1.807) is 0 Å². The molecular weight excluding hydrogens is 424 g/mol. The number of alkyl carbamates (subject to hydrolysis) is 1. The molecule has 8 heteroatoms. The number of ether oxygens (including phenoxy) is 2. The lowest BCUT2D eigenvalue weighted by atomic mass is 9.98. The van der Waals surface area contributed by atoms with Crippen molar-refractivity contribution in [3.63, 3.8) is 0 Å². The molecule has 3 aliphatic rings. The molecule has 2 atom stereocenters. The van der Waals surface area contributed by atoms with Crippen molar-refractivity contribution in [1.29, 1.82) is 0 Å². The van der Waals surface area contributed by atoms with E-state index >= 15 is 0 Å². The van der Waals surface area contributed by atoms with Crippen molar-refractivity contribution in [2.45, 2.75) is 36.8 Å². The van der Waals surface area contributed by atoms with Crippen LogP contribution in [0.5, 0.6) is 0 Å². The molecule has 0 bridgehead atoms. The van der Waals surface area contributed by atoms with Gasteiger partial charge in [-0.1, -0.05) is 48.5 Å². The second-order valence-corrected chi connectivity index (χ2v) is 8.97. The highest BCUT2D eigenvalue weighted by Gasteiger charge is 2.52. The van der Waals surface area contributed by atoms with Crippen LogP contribution in [0.2, 0.25) is 0 Å². The van der Waals surface area contributed by atoms with E-state index in [4.69, 9.17) is 14.6 Å². The lowest BCUT2D eigenvalue weighted by Gasteiger charge is -2.20. The van der Waals surface area contributed by atoms with Gasteiger partial charge in [0.1, 0.15) is 12.1 Å². The first kappa shape index (κ1) is 21.5. The fourth-order valence-corrected chi connectivity index (χ4v) is 4.76. The maximum Gasteiger partial charge on any atom is 0.408 e. The Hall–Kier alpha value is -3.39. The minimum Gasteiger partial charge on any atom is -0.481 e. The first-order valence-electron chi connectivity index (χ1n) is 11.2. The van der Waals surface area contributed by atoms with Crippen molar-refractivity contribution < 1.29 is 29.0 Å². The maximum atomic E-state index is 12.7. The SMILES string of the molecule is O=C(NC1(C(=O)NC[C@@H]2C[C@H](C(=O)O)CO2)CC1)OCC1c2ccccc2-c2ccccc21. The number of nitrogens with one attached hydrogen (secondary N) is 2. The van der Waals surface area contributed by atoms with E-state index in [1.807, 2.05) is 24.3 Å². The summed E-state index contributed by atoms with van der Waals surface area (Å²) in [4.78, 5) is 36.3. The number of fused-ring (bicyclic) bond motifs is 3. The molecule has 2 aromatic carbocycles. The zero-order valence-corrected chi connectivity index (χ0v) is 18.1. The van der Waals surface area contributed by atoms with E-state index in [-0.39, 0.29) is 37.7 Å². The molecule has 8 nitrogen and oxygen atoms in total. The Kier molecular flexibility index (Phi) is 5.54. The zero-order chi connectivity index (χ0) is 23.0. The molecule has 1 saturated carbocycles. The van der Waals surface area contributed by atoms with Gasteiger partial charge in [0.25, 0.3) is 0 Å². The summed E-state index contributed by atoms with van der Waals surface area (Å²) in [6.07, 6.45) is 0.481. The van der Waals surface area contributed by atoms with Crippen LogP contribution in [-0.4, -0.2) is 54.5 Å². The molecule has 3 N–H and O–H groups in total. The molecule has 0 aromatic heterocycles. The molecular formula is C25H26N2O6. The third-order valence-electron chi connectivity index (χ3n) is 6.79. The molecule has 1 aliphatic heterocycles. The summed E-state index contributed by atoms with van der Waals surface area (Å²) in [6, 6.07) is 16.2. The van der Waals surface area contributed by atoms with Crippen LogP contribution >= 0.6 is 0 Å². The standard InChI is InChI=1S/C25H26N2O6/c28-22(29)15-11-16(32-13-15)12-26-23(30)25(9-10-25)27-24(31)33-14-21-19-7-3-1-5-17(19)18-6-2-4-8-20(18)21/h1-8,15-16,21H,9-14H2,(H,26,30)(H,27,31)(H,28,29)/t15-,16-/m0/s1. The number of benzene rings is 2. The number of hydrogen-bond donors (Lipinski definition) is 3. The van der Waals surface area contributed by atoms with E-state index in [0.29, 0.717) is 19.3 Å².